The predicted molar refractivity (Wildman–Crippen MR) is 219 cm³/mol. The monoisotopic (exact) mass is 739 g/mol. The summed E-state index contributed by atoms with van der Waals surface area (Å²) in [5.41, 5.74) is 1.36. The molecule has 0 rings (SSSR count). The Bertz CT molecular complexity index is 865. The minimum Gasteiger partial charge on any atom is -0.381 e. The van der Waals surface area contributed by atoms with Gasteiger partial charge in [-0.25, -0.2) is 0 Å². The van der Waals surface area contributed by atoms with Crippen molar-refractivity contribution in [2.45, 2.75) is 199 Å². The van der Waals surface area contributed by atoms with Gasteiger partial charge in [0.1, 0.15) is 0 Å². The van der Waals surface area contributed by atoms with Crippen molar-refractivity contribution >= 4 is 23.6 Å². The molecule has 0 aliphatic heterocycles. The fourth-order valence-corrected chi connectivity index (χ4v) is 5.26. The van der Waals surface area contributed by atoms with E-state index in [4.69, 9.17) is 4.74 Å². The maximum Gasteiger partial charge on any atom is 0.221 e. The normalized spacial score (nSPS) is 12.1. The van der Waals surface area contributed by atoms with Gasteiger partial charge in [-0.1, -0.05) is 109 Å². The Morgan fingerprint density at radius 3 is 0.865 bits per heavy atom. The van der Waals surface area contributed by atoms with Crippen LogP contribution >= 0.6 is 0 Å². The summed E-state index contributed by atoms with van der Waals surface area (Å²) >= 11 is 0. The SMILES string of the molecule is CC(C)(C)CCCCC(=O)NCCCOCCCNC(=O)CCCCC(C)(C)C.CC(C)(C)CCCCC(=O)NCNC(=O)CCCCC(C)(C)C. The molecule has 0 aliphatic carbocycles. The third-order valence-corrected chi connectivity index (χ3v) is 8.47. The lowest BCUT2D eigenvalue weighted by atomic mass is 9.89. The van der Waals surface area contributed by atoms with Gasteiger partial charge in [0, 0.05) is 52.0 Å². The molecule has 0 fully saturated rings. The number of carbonyl (C=O) groups excluding carboxylic acids is 4. The molecule has 0 heterocycles. The molecule has 0 bridgehead atoms. The minimum atomic E-state index is 0.0203. The molecule has 0 atom stereocenters. The quantitative estimate of drug-likeness (QED) is 0.0520. The number of ether oxygens (including phenoxy) is 1. The van der Waals surface area contributed by atoms with Gasteiger partial charge in [-0.2, -0.15) is 0 Å². The Labute approximate surface area is 321 Å². The lowest BCUT2D eigenvalue weighted by molar-refractivity contribution is -0.123. The summed E-state index contributed by atoms with van der Waals surface area (Å²) < 4.78 is 5.57. The topological polar surface area (TPSA) is 126 Å². The van der Waals surface area contributed by atoms with Crippen LogP contribution < -0.4 is 21.3 Å². The molecule has 0 aromatic heterocycles. The van der Waals surface area contributed by atoms with Gasteiger partial charge in [-0.3, -0.25) is 19.2 Å². The highest BCUT2D eigenvalue weighted by Gasteiger charge is 2.13. The Balaban J connectivity index is 0. The van der Waals surface area contributed by atoms with Crippen LogP contribution in [0.1, 0.15) is 199 Å². The Kier molecular flexibility index (Phi) is 29.2. The molecule has 308 valence electrons. The van der Waals surface area contributed by atoms with Crippen molar-refractivity contribution in [2.75, 3.05) is 33.0 Å². The van der Waals surface area contributed by atoms with Crippen LogP contribution in [0.3, 0.4) is 0 Å². The molecular weight excluding hydrogens is 652 g/mol. The average Bonchev–Trinajstić information content (AvgIpc) is 2.99. The zero-order valence-electron chi connectivity index (χ0n) is 36.3. The minimum absolute atomic E-state index is 0.0203. The summed E-state index contributed by atoms with van der Waals surface area (Å²) in [6.45, 7) is 29.5. The summed E-state index contributed by atoms with van der Waals surface area (Å²) in [6, 6.07) is 0. The van der Waals surface area contributed by atoms with Crippen LogP contribution in [0.4, 0.5) is 0 Å². The maximum atomic E-state index is 11.8. The first-order valence-electron chi connectivity index (χ1n) is 20.6. The second-order valence-corrected chi connectivity index (χ2v) is 19.5. The van der Waals surface area contributed by atoms with E-state index in [9.17, 15) is 19.2 Å². The van der Waals surface area contributed by atoms with Gasteiger partial charge >= 0.3 is 0 Å². The maximum absolute atomic E-state index is 11.8. The van der Waals surface area contributed by atoms with Gasteiger partial charge < -0.3 is 26.0 Å². The van der Waals surface area contributed by atoms with Crippen LogP contribution in [-0.4, -0.2) is 56.6 Å². The van der Waals surface area contributed by atoms with Crippen molar-refractivity contribution in [3.63, 3.8) is 0 Å². The molecule has 0 aromatic rings. The molecule has 0 unspecified atom stereocenters. The van der Waals surface area contributed by atoms with E-state index in [1.54, 1.807) is 0 Å². The van der Waals surface area contributed by atoms with Crippen LogP contribution in [0.5, 0.6) is 0 Å². The van der Waals surface area contributed by atoms with Crippen molar-refractivity contribution < 1.29 is 23.9 Å². The first-order valence-corrected chi connectivity index (χ1v) is 20.6. The second-order valence-electron chi connectivity index (χ2n) is 19.5. The van der Waals surface area contributed by atoms with Crippen molar-refractivity contribution in [3.8, 4) is 0 Å². The Morgan fingerprint density at radius 1 is 0.365 bits per heavy atom. The van der Waals surface area contributed by atoms with Crippen molar-refractivity contribution in [3.05, 3.63) is 0 Å². The standard InChI is InChI=1S/C24H48N2O3.C19H38N2O2/c1-23(2,3)15-9-7-13-21(27)25-17-11-19-29-20-12-18-26-22(28)14-8-10-16-24(4,5)6;1-18(2,3)13-9-7-11-16(22)20-15-21-17(23)12-8-10-14-19(4,5)6/h7-20H2,1-6H3,(H,25,27)(H,26,28);7-15H2,1-6H3,(H,20,22)(H,21,23). The molecule has 0 aromatic carbocycles. The number of unbranched alkanes of at least 4 members (excludes halogenated alkanes) is 4. The molecule has 9 nitrogen and oxygen atoms in total. The number of hydrogen-bond donors (Lipinski definition) is 4. The van der Waals surface area contributed by atoms with Crippen molar-refractivity contribution in [1.29, 1.82) is 0 Å². The van der Waals surface area contributed by atoms with Crippen LogP contribution in [0.2, 0.25) is 0 Å². The molecule has 52 heavy (non-hydrogen) atoms. The summed E-state index contributed by atoms with van der Waals surface area (Å²) in [5.74, 6) is 0.326. The zero-order valence-corrected chi connectivity index (χ0v) is 36.3. The van der Waals surface area contributed by atoms with Crippen molar-refractivity contribution in [1.82, 2.24) is 21.3 Å². The van der Waals surface area contributed by atoms with E-state index in [0.717, 1.165) is 89.9 Å². The number of amides is 4. The van der Waals surface area contributed by atoms with Gasteiger partial charge in [0.05, 0.1) is 6.67 Å². The van der Waals surface area contributed by atoms with E-state index in [0.29, 0.717) is 73.6 Å². The van der Waals surface area contributed by atoms with Gasteiger partial charge in [-0.15, -0.1) is 0 Å². The van der Waals surface area contributed by atoms with Gasteiger partial charge in [0.2, 0.25) is 23.6 Å². The third kappa shape index (κ3) is 45.9. The molecule has 0 saturated carbocycles. The van der Waals surface area contributed by atoms with Crippen LogP contribution in [0.25, 0.3) is 0 Å². The fourth-order valence-electron chi connectivity index (χ4n) is 5.26. The van der Waals surface area contributed by atoms with E-state index < -0.39 is 0 Å². The van der Waals surface area contributed by atoms with E-state index in [1.807, 2.05) is 0 Å². The number of carbonyl (C=O) groups is 4. The van der Waals surface area contributed by atoms with E-state index >= 15 is 0 Å². The number of hydrogen-bond acceptors (Lipinski definition) is 5. The highest BCUT2D eigenvalue weighted by molar-refractivity contribution is 5.78. The molecule has 4 N–H and O–H groups in total. The van der Waals surface area contributed by atoms with Gasteiger partial charge in [0.25, 0.3) is 0 Å². The van der Waals surface area contributed by atoms with E-state index in [-0.39, 0.29) is 30.3 Å². The first-order chi connectivity index (χ1) is 24.0. The zero-order chi connectivity index (χ0) is 40.1. The molecule has 0 radical (unpaired) electrons. The van der Waals surface area contributed by atoms with Crippen LogP contribution in [0, 0.1) is 21.7 Å². The van der Waals surface area contributed by atoms with Gasteiger partial charge in [-0.05, 0) is 85.9 Å². The summed E-state index contributed by atoms with van der Waals surface area (Å²) in [4.78, 5) is 46.8. The van der Waals surface area contributed by atoms with Gasteiger partial charge in [0.15, 0.2) is 0 Å². The largest absolute Gasteiger partial charge is 0.381 e. The molecule has 0 aliphatic rings. The lowest BCUT2D eigenvalue weighted by Crippen LogP contribution is -2.37. The highest BCUT2D eigenvalue weighted by atomic mass is 16.5. The summed E-state index contributed by atoms with van der Waals surface area (Å²) in [7, 11) is 0. The molecule has 4 amide bonds. The van der Waals surface area contributed by atoms with Crippen molar-refractivity contribution in [2.24, 2.45) is 21.7 Å². The molecule has 0 saturated heterocycles. The highest BCUT2D eigenvalue weighted by Crippen LogP contribution is 2.24. The second kappa shape index (κ2) is 29.2. The Hall–Kier alpha value is -2.16. The molecular formula is C43H86N4O5. The van der Waals surface area contributed by atoms with E-state index in [1.165, 1.54) is 0 Å². The summed E-state index contributed by atoms with van der Waals surface area (Å²) in [6.07, 6.45) is 16.6. The fraction of sp³-hybridized carbons (Fsp3) is 0.907. The average molecular weight is 739 g/mol. The Morgan fingerprint density at radius 2 is 0.615 bits per heavy atom. The predicted octanol–water partition coefficient (Wildman–Crippen LogP) is 9.62. The molecule has 0 spiro atoms. The van der Waals surface area contributed by atoms with E-state index in [2.05, 4.69) is 104 Å². The van der Waals surface area contributed by atoms with Crippen LogP contribution in [0.15, 0.2) is 0 Å². The lowest BCUT2D eigenvalue weighted by Gasteiger charge is -2.17. The smallest absolute Gasteiger partial charge is 0.221 e. The number of rotatable bonds is 26. The van der Waals surface area contributed by atoms with Crippen LogP contribution in [-0.2, 0) is 23.9 Å². The summed E-state index contributed by atoms with van der Waals surface area (Å²) in [5, 5.41) is 11.4. The first kappa shape index (κ1) is 51.9. The number of nitrogens with one attached hydrogen (secondary N) is 4. The third-order valence-electron chi connectivity index (χ3n) is 8.47. The molecule has 9 heteroatoms.